The zero-order chi connectivity index (χ0) is 7.52. The molecular formula is C11H9Cl2Hf+. The molecule has 70 valence electrons. The molecule has 0 fully saturated rings. The Morgan fingerprint density at radius 2 is 1.64 bits per heavy atom. The van der Waals surface area contributed by atoms with Crippen LogP contribution in [-0.4, -0.2) is 0 Å². The van der Waals surface area contributed by atoms with E-state index in [1.54, 1.807) is 0 Å². The summed E-state index contributed by atoms with van der Waals surface area (Å²) < 4.78 is 0. The average molecular weight is 391 g/mol. The Hall–Kier alpha value is 0.150. The molecule has 0 N–H and O–H groups in total. The first-order valence-corrected chi connectivity index (χ1v) is 3.79. The Morgan fingerprint density at radius 1 is 1.00 bits per heavy atom. The van der Waals surface area contributed by atoms with Crippen LogP contribution in [0.15, 0.2) is 42.5 Å². The number of hydrogen-bond donors (Lipinski definition) is 0. The second kappa shape index (κ2) is 8.46. The first-order valence-electron chi connectivity index (χ1n) is 3.79. The molecule has 1 aromatic rings. The van der Waals surface area contributed by atoms with Crippen LogP contribution in [0.25, 0.3) is 5.57 Å². The topological polar surface area (TPSA) is 0 Å². The standard InChI is InChI=1S/C11H9.2ClH.Hf/c1-2-6-10(7-3-1)11-8-4-5-9-11;;;/h1-4,6-8H,5H2;2*1H;/q-1;;;+4/p-2. The van der Waals surface area contributed by atoms with Crippen LogP contribution in [-0.2, 0) is 25.8 Å². The van der Waals surface area contributed by atoms with Gasteiger partial charge in [-0.15, -0.1) is 23.8 Å². The van der Waals surface area contributed by atoms with Crippen molar-refractivity contribution < 1.29 is 50.7 Å². The third kappa shape index (κ3) is 4.12. The van der Waals surface area contributed by atoms with Gasteiger partial charge in [0.1, 0.15) is 0 Å². The van der Waals surface area contributed by atoms with Gasteiger partial charge in [-0.25, -0.2) is 0 Å². The molecule has 0 radical (unpaired) electrons. The first kappa shape index (κ1) is 16.6. The number of halogens is 2. The normalized spacial score (nSPS) is 11.9. The van der Waals surface area contributed by atoms with Crippen molar-refractivity contribution in [2.75, 3.05) is 0 Å². The van der Waals surface area contributed by atoms with Crippen LogP contribution in [0.2, 0.25) is 0 Å². The number of rotatable bonds is 1. The Kier molecular flexibility index (Phi) is 10.0. The monoisotopic (exact) mass is 391 g/mol. The zero-order valence-electron chi connectivity index (χ0n) is 7.50. The van der Waals surface area contributed by atoms with Crippen LogP contribution < -0.4 is 24.8 Å². The van der Waals surface area contributed by atoms with Crippen molar-refractivity contribution in [3.8, 4) is 0 Å². The predicted octanol–water partition coefficient (Wildman–Crippen LogP) is -3.16. The summed E-state index contributed by atoms with van der Waals surface area (Å²) in [5.74, 6) is 0. The third-order valence-corrected chi connectivity index (χ3v) is 1.78. The van der Waals surface area contributed by atoms with Gasteiger partial charge in [0.05, 0.1) is 0 Å². The van der Waals surface area contributed by atoms with E-state index in [1.165, 1.54) is 11.1 Å². The summed E-state index contributed by atoms with van der Waals surface area (Å²) in [6.07, 6.45) is 8.49. The van der Waals surface area contributed by atoms with Crippen LogP contribution >= 0.6 is 0 Å². The predicted molar refractivity (Wildman–Crippen MR) is 46.8 cm³/mol. The smallest absolute Gasteiger partial charge is 1.00 e. The molecule has 0 aromatic heterocycles. The summed E-state index contributed by atoms with van der Waals surface area (Å²) in [5.41, 5.74) is 2.49. The van der Waals surface area contributed by atoms with Gasteiger partial charge in [-0.2, -0.15) is 17.7 Å². The van der Waals surface area contributed by atoms with E-state index < -0.39 is 0 Å². The Balaban J connectivity index is 0. The third-order valence-electron chi connectivity index (χ3n) is 1.78. The fourth-order valence-corrected chi connectivity index (χ4v) is 1.22. The molecule has 0 atom stereocenters. The molecule has 0 heterocycles. The van der Waals surface area contributed by atoms with E-state index in [0.717, 1.165) is 6.42 Å². The summed E-state index contributed by atoms with van der Waals surface area (Å²) in [6.45, 7) is 0. The Labute approximate surface area is 116 Å². The van der Waals surface area contributed by atoms with Gasteiger partial charge in [-0.3, -0.25) is 0 Å². The van der Waals surface area contributed by atoms with Crippen molar-refractivity contribution in [3.63, 3.8) is 0 Å². The minimum absolute atomic E-state index is 0. The Bertz CT molecular complexity index is 304. The van der Waals surface area contributed by atoms with E-state index in [1.807, 2.05) is 6.07 Å². The summed E-state index contributed by atoms with van der Waals surface area (Å²) in [5, 5.41) is 0. The van der Waals surface area contributed by atoms with E-state index in [0.29, 0.717) is 0 Å². The van der Waals surface area contributed by atoms with Gasteiger partial charge in [-0.1, -0.05) is 24.6 Å². The molecule has 0 saturated carbocycles. The molecule has 0 spiro atoms. The molecule has 1 aliphatic rings. The van der Waals surface area contributed by atoms with E-state index >= 15 is 0 Å². The van der Waals surface area contributed by atoms with Crippen molar-refractivity contribution in [3.05, 3.63) is 54.1 Å². The maximum Gasteiger partial charge on any atom is 4.00 e. The van der Waals surface area contributed by atoms with Gasteiger partial charge in [0.25, 0.3) is 0 Å². The van der Waals surface area contributed by atoms with Crippen LogP contribution in [0.5, 0.6) is 0 Å². The van der Waals surface area contributed by atoms with Gasteiger partial charge in [0.2, 0.25) is 0 Å². The van der Waals surface area contributed by atoms with E-state index in [4.69, 9.17) is 0 Å². The van der Waals surface area contributed by atoms with Crippen LogP contribution in [0.4, 0.5) is 0 Å². The van der Waals surface area contributed by atoms with Gasteiger partial charge < -0.3 is 24.8 Å². The molecule has 0 unspecified atom stereocenters. The molecule has 14 heavy (non-hydrogen) atoms. The minimum atomic E-state index is 0. The van der Waals surface area contributed by atoms with Gasteiger partial charge >= 0.3 is 25.8 Å². The van der Waals surface area contributed by atoms with Crippen LogP contribution in [0, 0.1) is 6.08 Å². The zero-order valence-corrected chi connectivity index (χ0v) is 12.6. The van der Waals surface area contributed by atoms with Gasteiger partial charge in [0, 0.05) is 0 Å². The number of hydrogen-bond acceptors (Lipinski definition) is 0. The molecule has 0 bridgehead atoms. The van der Waals surface area contributed by atoms with E-state index in [-0.39, 0.29) is 50.7 Å². The summed E-state index contributed by atoms with van der Waals surface area (Å²) in [7, 11) is 0. The van der Waals surface area contributed by atoms with Crippen molar-refractivity contribution in [1.82, 2.24) is 0 Å². The molecule has 3 heteroatoms. The maximum absolute atomic E-state index is 3.28. The number of allylic oxidation sites excluding steroid dienone is 4. The maximum atomic E-state index is 3.28. The largest absolute Gasteiger partial charge is 4.00 e. The second-order valence-corrected chi connectivity index (χ2v) is 2.56. The Morgan fingerprint density at radius 3 is 2.14 bits per heavy atom. The molecule has 1 aliphatic carbocycles. The minimum Gasteiger partial charge on any atom is -1.00 e. The summed E-state index contributed by atoms with van der Waals surface area (Å²) >= 11 is 0. The van der Waals surface area contributed by atoms with Crippen molar-refractivity contribution in [2.24, 2.45) is 0 Å². The number of benzene rings is 1. The SMILES string of the molecule is [C-]1=C(c2ccccc2)C=CC1.[Cl-].[Cl-].[Hf+4]. The quantitative estimate of drug-likeness (QED) is 0.351. The van der Waals surface area contributed by atoms with Gasteiger partial charge in [-0.05, 0) is 0 Å². The molecule has 1 aromatic carbocycles. The van der Waals surface area contributed by atoms with Crippen molar-refractivity contribution in [1.29, 1.82) is 0 Å². The molecule has 0 amide bonds. The molecule has 2 rings (SSSR count). The van der Waals surface area contributed by atoms with Crippen molar-refractivity contribution in [2.45, 2.75) is 6.42 Å². The summed E-state index contributed by atoms with van der Waals surface area (Å²) in [4.78, 5) is 0. The molecule has 0 saturated heterocycles. The second-order valence-electron chi connectivity index (χ2n) is 2.56. The van der Waals surface area contributed by atoms with Crippen LogP contribution in [0.1, 0.15) is 12.0 Å². The average Bonchev–Trinajstić information content (AvgIpc) is 2.58. The molecule has 0 aliphatic heterocycles. The van der Waals surface area contributed by atoms with Crippen LogP contribution in [0.3, 0.4) is 0 Å². The molecule has 0 nitrogen and oxygen atoms in total. The van der Waals surface area contributed by atoms with Gasteiger partial charge in [0.15, 0.2) is 0 Å². The summed E-state index contributed by atoms with van der Waals surface area (Å²) in [6, 6.07) is 10.4. The molecular weight excluding hydrogens is 382 g/mol. The first-order chi connectivity index (χ1) is 5.47. The van der Waals surface area contributed by atoms with E-state index in [9.17, 15) is 0 Å². The van der Waals surface area contributed by atoms with Crippen molar-refractivity contribution >= 4 is 5.57 Å². The fourth-order valence-electron chi connectivity index (χ4n) is 1.22. The fraction of sp³-hybridized carbons (Fsp3) is 0.0909. The van der Waals surface area contributed by atoms with E-state index in [2.05, 4.69) is 42.5 Å².